The number of nitrogens with two attached hydrogens (primary N) is 2. The minimum Gasteiger partial charge on any atom is -0.481 e. The Morgan fingerprint density at radius 1 is 0.878 bits per heavy atom. The van der Waals surface area contributed by atoms with Crippen LogP contribution in [-0.2, 0) is 40.1 Å². The fourth-order valence-electron chi connectivity index (χ4n) is 4.43. The second-order valence-corrected chi connectivity index (χ2v) is 11.6. The van der Waals surface area contributed by atoms with Crippen LogP contribution in [0.25, 0.3) is 0 Å². The third kappa shape index (κ3) is 17.0. The molecule has 0 aliphatic rings. The number of ether oxygens (including phenoxy) is 2. The van der Waals surface area contributed by atoms with Gasteiger partial charge in [-0.1, -0.05) is 70.5 Å². The molecular weight excluding hydrogens is 638 g/mol. The molecule has 272 valence electrons. The number of amides is 4. The van der Waals surface area contributed by atoms with Gasteiger partial charge in [-0.2, -0.15) is 0 Å². The van der Waals surface area contributed by atoms with Crippen LogP contribution in [-0.4, -0.2) is 84.1 Å². The molecule has 0 saturated carbocycles. The highest BCUT2D eigenvalue weighted by molar-refractivity contribution is 5.94. The molecule has 0 aliphatic carbocycles. The lowest BCUT2D eigenvalue weighted by atomic mass is 9.96. The molecule has 0 aromatic heterocycles. The van der Waals surface area contributed by atoms with Crippen molar-refractivity contribution in [2.24, 2.45) is 28.3 Å². The second-order valence-electron chi connectivity index (χ2n) is 11.6. The number of carboxylic acid groups (broad SMARTS) is 1. The van der Waals surface area contributed by atoms with Crippen molar-refractivity contribution in [3.63, 3.8) is 0 Å². The van der Waals surface area contributed by atoms with Gasteiger partial charge >= 0.3 is 18.0 Å². The maximum absolute atomic E-state index is 13.7. The molecule has 0 heterocycles. The summed E-state index contributed by atoms with van der Waals surface area (Å²) < 4.78 is 10.1. The Bertz CT molecular complexity index is 1300. The van der Waals surface area contributed by atoms with Crippen molar-refractivity contribution in [1.29, 1.82) is 0 Å². The number of carboxylic acids is 1. The summed E-state index contributed by atoms with van der Waals surface area (Å²) in [5.41, 5.74) is 11.6. The van der Waals surface area contributed by atoms with Crippen molar-refractivity contribution in [3.8, 4) is 0 Å². The van der Waals surface area contributed by atoms with E-state index >= 15 is 0 Å². The van der Waals surface area contributed by atoms with E-state index in [1.54, 1.807) is 58.9 Å². The van der Waals surface area contributed by atoms with Gasteiger partial charge in [0.15, 0.2) is 5.96 Å². The zero-order chi connectivity index (χ0) is 36.9. The average molecular weight is 690 g/mol. The molecular formula is C33H51N7O9. The van der Waals surface area contributed by atoms with Gasteiger partial charge in [0, 0.05) is 12.6 Å². The van der Waals surface area contributed by atoms with Gasteiger partial charge < -0.3 is 47.3 Å². The Morgan fingerprint density at radius 3 is 2.10 bits per heavy atom. The maximum atomic E-state index is 13.7. The number of aliphatic carboxylic acids is 1. The first-order valence-corrected chi connectivity index (χ1v) is 16.2. The van der Waals surface area contributed by atoms with Gasteiger partial charge in [0.05, 0.1) is 19.1 Å². The Morgan fingerprint density at radius 2 is 1.53 bits per heavy atom. The number of hydrogen-bond acceptors (Lipinski definition) is 9. The van der Waals surface area contributed by atoms with E-state index in [1.165, 1.54) is 6.08 Å². The van der Waals surface area contributed by atoms with E-state index in [-0.39, 0.29) is 38.6 Å². The fourth-order valence-corrected chi connectivity index (χ4v) is 4.43. The molecule has 0 unspecified atom stereocenters. The highest BCUT2D eigenvalue weighted by Gasteiger charge is 2.33. The molecule has 0 saturated heterocycles. The predicted octanol–water partition coefficient (Wildman–Crippen LogP) is 1.09. The van der Waals surface area contributed by atoms with Crippen molar-refractivity contribution in [1.82, 2.24) is 21.3 Å². The minimum atomic E-state index is -1.23. The molecule has 1 aromatic carbocycles. The van der Waals surface area contributed by atoms with E-state index in [0.29, 0.717) is 6.42 Å². The van der Waals surface area contributed by atoms with Gasteiger partial charge in [0.25, 0.3) is 0 Å². The summed E-state index contributed by atoms with van der Waals surface area (Å²) in [6, 6.07) is 4.50. The molecule has 1 rings (SSSR count). The van der Waals surface area contributed by atoms with E-state index in [0.717, 1.165) is 11.6 Å². The largest absolute Gasteiger partial charge is 0.481 e. The van der Waals surface area contributed by atoms with E-state index < -0.39 is 78.2 Å². The van der Waals surface area contributed by atoms with Crippen LogP contribution in [0.4, 0.5) is 4.79 Å². The number of esters is 1. The van der Waals surface area contributed by atoms with Crippen molar-refractivity contribution in [2.75, 3.05) is 13.2 Å². The SMILES string of the molecule is CCOC(=O)/C=C/[C@H](CC(=O)O)NC(=O)[C@@H](NC(=O)[C@H](CCCN=C(N)N)NC(=O)[C@@H](NC(=O)OCc1ccccc1)C(C)C)[C@@H](C)CC. The molecule has 16 heteroatoms. The van der Waals surface area contributed by atoms with Gasteiger partial charge in [-0.05, 0) is 37.2 Å². The number of aliphatic imine (C=N–C) groups is 1. The molecule has 49 heavy (non-hydrogen) atoms. The van der Waals surface area contributed by atoms with Crippen LogP contribution in [0.1, 0.15) is 65.9 Å². The highest BCUT2D eigenvalue weighted by Crippen LogP contribution is 2.12. The first kappa shape index (κ1) is 41.9. The summed E-state index contributed by atoms with van der Waals surface area (Å²) in [5.74, 6) is -4.98. The van der Waals surface area contributed by atoms with Gasteiger partial charge in [-0.3, -0.25) is 24.2 Å². The smallest absolute Gasteiger partial charge is 0.408 e. The number of alkyl carbamates (subject to hydrolysis) is 1. The highest BCUT2D eigenvalue weighted by atomic mass is 16.5. The molecule has 0 bridgehead atoms. The van der Waals surface area contributed by atoms with E-state index in [1.807, 2.05) is 6.07 Å². The third-order valence-electron chi connectivity index (χ3n) is 7.28. The third-order valence-corrected chi connectivity index (χ3v) is 7.28. The van der Waals surface area contributed by atoms with Crippen LogP contribution in [0.15, 0.2) is 47.5 Å². The van der Waals surface area contributed by atoms with Gasteiger partial charge in [0.1, 0.15) is 24.7 Å². The van der Waals surface area contributed by atoms with Gasteiger partial charge in [0.2, 0.25) is 17.7 Å². The zero-order valence-corrected chi connectivity index (χ0v) is 28.8. The summed E-state index contributed by atoms with van der Waals surface area (Å²) in [5, 5.41) is 19.8. The first-order chi connectivity index (χ1) is 23.2. The van der Waals surface area contributed by atoms with Gasteiger partial charge in [-0.15, -0.1) is 0 Å². The first-order valence-electron chi connectivity index (χ1n) is 16.2. The standard InChI is InChI=1S/C33H51N7O9/c1-6-21(5)28(31(46)37-23(18-25(41)42)15-16-26(43)48-7-2)39-29(44)24(14-11-17-36-32(34)35)38-30(45)27(20(3)4)40-33(47)49-19-22-12-9-8-10-13-22/h8-10,12-13,15-16,20-21,23-24,27-28H,6-7,11,14,17-19H2,1-5H3,(H,37,46)(H,38,45)(H,39,44)(H,40,47)(H,41,42)(H4,34,35,36)/b16-15+/t21-,23+,24-,27-,28-/m0/s1. The monoisotopic (exact) mass is 689 g/mol. The Hall–Kier alpha value is -5.15. The molecule has 1 aromatic rings. The summed E-state index contributed by atoms with van der Waals surface area (Å²) in [6.45, 7) is 8.80. The van der Waals surface area contributed by atoms with Gasteiger partial charge in [-0.25, -0.2) is 9.59 Å². The van der Waals surface area contributed by atoms with Crippen molar-refractivity contribution in [3.05, 3.63) is 48.0 Å². The molecule has 4 amide bonds. The normalized spacial score (nSPS) is 14.0. The van der Waals surface area contributed by atoms with E-state index in [2.05, 4.69) is 26.3 Å². The number of guanidine groups is 1. The van der Waals surface area contributed by atoms with E-state index in [9.17, 15) is 33.9 Å². The zero-order valence-electron chi connectivity index (χ0n) is 28.8. The number of carbonyl (C=O) groups excluding carboxylic acids is 5. The maximum Gasteiger partial charge on any atom is 0.408 e. The lowest BCUT2D eigenvalue weighted by molar-refractivity contribution is -0.139. The minimum absolute atomic E-state index is 0.0140. The Labute approximate surface area is 286 Å². The van der Waals surface area contributed by atoms with Crippen molar-refractivity contribution >= 4 is 41.7 Å². The molecule has 9 N–H and O–H groups in total. The number of nitrogens with one attached hydrogen (secondary N) is 4. The molecule has 5 atom stereocenters. The van der Waals surface area contributed by atoms with Crippen LogP contribution < -0.4 is 32.7 Å². The Kier molecular flexibility index (Phi) is 19.2. The molecule has 0 fully saturated rings. The van der Waals surface area contributed by atoms with Crippen LogP contribution >= 0.6 is 0 Å². The number of rotatable bonds is 21. The molecule has 0 radical (unpaired) electrons. The molecule has 16 nitrogen and oxygen atoms in total. The average Bonchev–Trinajstić information content (AvgIpc) is 3.04. The lowest BCUT2D eigenvalue weighted by Gasteiger charge is -2.29. The fraction of sp³-hybridized carbons (Fsp3) is 0.545. The van der Waals surface area contributed by atoms with Crippen LogP contribution in [0.3, 0.4) is 0 Å². The van der Waals surface area contributed by atoms with Crippen LogP contribution in [0, 0.1) is 11.8 Å². The number of carbonyl (C=O) groups is 6. The van der Waals surface area contributed by atoms with Crippen molar-refractivity contribution < 1.29 is 43.3 Å². The number of nitrogens with zero attached hydrogens (tertiary/aromatic N) is 1. The lowest BCUT2D eigenvalue weighted by Crippen LogP contribution is -2.59. The predicted molar refractivity (Wildman–Crippen MR) is 182 cm³/mol. The van der Waals surface area contributed by atoms with Crippen molar-refractivity contribution in [2.45, 2.75) is 91.1 Å². The van der Waals surface area contributed by atoms with E-state index in [4.69, 9.17) is 20.9 Å². The quantitative estimate of drug-likeness (QED) is 0.0316. The summed E-state index contributed by atoms with van der Waals surface area (Å²) in [4.78, 5) is 80.4. The summed E-state index contributed by atoms with van der Waals surface area (Å²) >= 11 is 0. The molecule has 0 aliphatic heterocycles. The summed E-state index contributed by atoms with van der Waals surface area (Å²) in [6.07, 6.45) is 1.65. The second kappa shape index (κ2) is 22.4. The number of hydrogen-bond donors (Lipinski definition) is 7. The molecule has 0 spiro atoms. The summed E-state index contributed by atoms with van der Waals surface area (Å²) in [7, 11) is 0. The number of benzene rings is 1. The van der Waals surface area contributed by atoms with Crippen LogP contribution in [0.2, 0.25) is 0 Å². The van der Waals surface area contributed by atoms with Crippen LogP contribution in [0.5, 0.6) is 0 Å². The topological polar surface area (TPSA) is 254 Å². The Balaban J connectivity index is 3.18.